The van der Waals surface area contributed by atoms with Gasteiger partial charge in [0, 0.05) is 42.8 Å². The van der Waals surface area contributed by atoms with Gasteiger partial charge in [0.25, 0.3) is 0 Å². The van der Waals surface area contributed by atoms with Gasteiger partial charge in [-0.2, -0.15) is 0 Å². The zero-order chi connectivity index (χ0) is 21.9. The van der Waals surface area contributed by atoms with Gasteiger partial charge in [-0.1, -0.05) is 60.6 Å². The molecule has 30 heavy (non-hydrogen) atoms. The Hall–Kier alpha value is -0.800. The summed E-state index contributed by atoms with van der Waals surface area (Å²) in [7, 11) is 0. The van der Waals surface area contributed by atoms with Gasteiger partial charge in [0.1, 0.15) is 0 Å². The lowest BCUT2D eigenvalue weighted by Gasteiger charge is -2.44. The standard InChI is InChI=1S/C27H49N3/c1-18-12-20(3)25(21(4)13-18)29-16-27(7,24-10-8-9-11-28-24)17-30-26-22(5)14-19(2)15-23(26)6/h8-10,18-23,25-26,28-30H,11-17H2,1-7H3. The second-order valence-corrected chi connectivity index (χ2v) is 11.8. The Labute approximate surface area is 186 Å². The van der Waals surface area contributed by atoms with Crippen molar-refractivity contribution in [2.75, 3.05) is 19.6 Å². The first-order valence-corrected chi connectivity index (χ1v) is 12.8. The molecular formula is C27H49N3. The minimum Gasteiger partial charge on any atom is -0.384 e. The molecule has 172 valence electrons. The molecule has 0 aromatic carbocycles. The highest BCUT2D eigenvalue weighted by atomic mass is 15.0. The van der Waals surface area contributed by atoms with Crippen LogP contribution in [0.3, 0.4) is 0 Å². The van der Waals surface area contributed by atoms with Crippen LogP contribution < -0.4 is 16.0 Å². The van der Waals surface area contributed by atoms with Gasteiger partial charge in [0.2, 0.25) is 0 Å². The zero-order valence-electron chi connectivity index (χ0n) is 20.8. The van der Waals surface area contributed by atoms with Crippen molar-refractivity contribution in [3.8, 4) is 0 Å². The van der Waals surface area contributed by atoms with Gasteiger partial charge in [0.05, 0.1) is 0 Å². The molecule has 4 unspecified atom stereocenters. The van der Waals surface area contributed by atoms with Crippen molar-refractivity contribution in [2.45, 2.75) is 86.2 Å². The summed E-state index contributed by atoms with van der Waals surface area (Å²) in [5.74, 6) is 4.77. The van der Waals surface area contributed by atoms with Crippen molar-refractivity contribution in [2.24, 2.45) is 40.9 Å². The zero-order valence-corrected chi connectivity index (χ0v) is 20.8. The summed E-state index contributed by atoms with van der Waals surface area (Å²) in [6.45, 7) is 20.1. The van der Waals surface area contributed by atoms with E-state index >= 15 is 0 Å². The van der Waals surface area contributed by atoms with E-state index in [9.17, 15) is 0 Å². The van der Waals surface area contributed by atoms with Crippen molar-refractivity contribution in [3.63, 3.8) is 0 Å². The van der Waals surface area contributed by atoms with Gasteiger partial charge in [-0.05, 0) is 67.3 Å². The van der Waals surface area contributed by atoms with E-state index in [-0.39, 0.29) is 5.41 Å². The molecule has 2 saturated carbocycles. The maximum atomic E-state index is 4.05. The Bertz CT molecular complexity index is 551. The third-order valence-corrected chi connectivity index (χ3v) is 8.46. The van der Waals surface area contributed by atoms with E-state index in [1.807, 2.05) is 0 Å². The first-order valence-electron chi connectivity index (χ1n) is 12.8. The Morgan fingerprint density at radius 1 is 0.800 bits per heavy atom. The summed E-state index contributed by atoms with van der Waals surface area (Å²) in [5.41, 5.74) is 1.47. The van der Waals surface area contributed by atoms with Gasteiger partial charge in [0.15, 0.2) is 0 Å². The summed E-state index contributed by atoms with van der Waals surface area (Å²) >= 11 is 0. The summed E-state index contributed by atoms with van der Waals surface area (Å²) in [6, 6.07) is 1.27. The van der Waals surface area contributed by atoms with Crippen molar-refractivity contribution >= 4 is 0 Å². The van der Waals surface area contributed by atoms with E-state index in [4.69, 9.17) is 0 Å². The fraction of sp³-hybridized carbons (Fsp3) is 0.852. The molecule has 0 bridgehead atoms. The van der Waals surface area contributed by atoms with Crippen LogP contribution in [0.1, 0.15) is 74.1 Å². The normalized spacial score (nSPS) is 41.6. The number of hydrogen-bond acceptors (Lipinski definition) is 3. The predicted octanol–water partition coefficient (Wildman–Crippen LogP) is 5.36. The van der Waals surface area contributed by atoms with Gasteiger partial charge >= 0.3 is 0 Å². The molecular weight excluding hydrogens is 366 g/mol. The molecule has 3 rings (SSSR count). The molecule has 0 spiro atoms. The van der Waals surface area contributed by atoms with Crippen LogP contribution in [-0.4, -0.2) is 31.7 Å². The highest BCUT2D eigenvalue weighted by molar-refractivity contribution is 5.24. The molecule has 1 aliphatic heterocycles. The average molecular weight is 416 g/mol. The molecule has 0 amide bonds. The fourth-order valence-electron chi connectivity index (χ4n) is 7.06. The van der Waals surface area contributed by atoms with Crippen LogP contribution in [0.25, 0.3) is 0 Å². The molecule has 2 aliphatic carbocycles. The van der Waals surface area contributed by atoms with Crippen molar-refractivity contribution < 1.29 is 0 Å². The van der Waals surface area contributed by atoms with E-state index in [1.165, 1.54) is 31.4 Å². The van der Waals surface area contributed by atoms with Crippen molar-refractivity contribution in [3.05, 3.63) is 23.9 Å². The maximum Gasteiger partial charge on any atom is 0.0331 e. The van der Waals surface area contributed by atoms with Gasteiger partial charge in [-0.3, -0.25) is 0 Å². The topological polar surface area (TPSA) is 36.1 Å². The molecule has 0 saturated heterocycles. The van der Waals surface area contributed by atoms with Crippen LogP contribution >= 0.6 is 0 Å². The Kier molecular flexibility index (Phi) is 8.12. The highest BCUT2D eigenvalue weighted by Crippen LogP contribution is 2.36. The van der Waals surface area contributed by atoms with E-state index in [2.05, 4.69) is 82.6 Å². The van der Waals surface area contributed by atoms with Gasteiger partial charge < -0.3 is 16.0 Å². The largest absolute Gasteiger partial charge is 0.384 e. The summed E-state index contributed by atoms with van der Waals surface area (Å²) < 4.78 is 0. The average Bonchev–Trinajstić information content (AvgIpc) is 2.67. The van der Waals surface area contributed by atoms with Crippen LogP contribution in [0.4, 0.5) is 0 Å². The quantitative estimate of drug-likeness (QED) is 0.524. The summed E-state index contributed by atoms with van der Waals surface area (Å²) in [5, 5.41) is 11.8. The third-order valence-electron chi connectivity index (χ3n) is 8.46. The molecule has 0 aromatic heterocycles. The Morgan fingerprint density at radius 3 is 1.60 bits per heavy atom. The molecule has 2 fully saturated rings. The number of rotatable bonds is 7. The van der Waals surface area contributed by atoms with Crippen molar-refractivity contribution in [1.29, 1.82) is 0 Å². The van der Waals surface area contributed by atoms with E-state index < -0.39 is 0 Å². The lowest BCUT2D eigenvalue weighted by molar-refractivity contribution is 0.135. The van der Waals surface area contributed by atoms with Gasteiger partial charge in [-0.15, -0.1) is 0 Å². The summed E-state index contributed by atoms with van der Waals surface area (Å²) in [6.07, 6.45) is 12.2. The molecule has 0 aromatic rings. The number of nitrogens with one attached hydrogen (secondary N) is 3. The number of dihydropyridines is 1. The smallest absolute Gasteiger partial charge is 0.0331 e. The second kappa shape index (κ2) is 10.2. The minimum absolute atomic E-state index is 0.0791. The maximum absolute atomic E-state index is 4.05. The van der Waals surface area contributed by atoms with E-state index in [0.717, 1.165) is 55.1 Å². The third kappa shape index (κ3) is 5.71. The molecule has 3 N–H and O–H groups in total. The molecule has 1 heterocycles. The number of hydrogen-bond donors (Lipinski definition) is 3. The van der Waals surface area contributed by atoms with Crippen LogP contribution in [-0.2, 0) is 0 Å². The molecule has 0 radical (unpaired) electrons. The Balaban J connectivity index is 1.68. The van der Waals surface area contributed by atoms with Crippen LogP contribution in [0.2, 0.25) is 0 Å². The molecule has 3 heteroatoms. The molecule has 3 aliphatic rings. The first kappa shape index (κ1) is 23.9. The van der Waals surface area contributed by atoms with Gasteiger partial charge in [-0.25, -0.2) is 0 Å². The summed E-state index contributed by atoms with van der Waals surface area (Å²) in [4.78, 5) is 0. The first-order chi connectivity index (χ1) is 14.2. The lowest BCUT2D eigenvalue weighted by Crippen LogP contribution is -2.54. The monoisotopic (exact) mass is 415 g/mol. The van der Waals surface area contributed by atoms with Crippen LogP contribution in [0, 0.1) is 40.9 Å². The fourth-order valence-corrected chi connectivity index (χ4v) is 7.06. The van der Waals surface area contributed by atoms with Crippen LogP contribution in [0.5, 0.6) is 0 Å². The lowest BCUT2D eigenvalue weighted by atomic mass is 9.72. The van der Waals surface area contributed by atoms with E-state index in [1.54, 1.807) is 0 Å². The minimum atomic E-state index is 0.0791. The SMILES string of the molecule is CC1CC(C)C(NCC(C)(CNC2C(C)CC(C)CC2C)C2=CC=CCN2)C(C)C1. The van der Waals surface area contributed by atoms with Crippen LogP contribution in [0.15, 0.2) is 23.9 Å². The molecule has 4 atom stereocenters. The molecule has 3 nitrogen and oxygen atoms in total. The van der Waals surface area contributed by atoms with Crippen molar-refractivity contribution in [1.82, 2.24) is 16.0 Å². The number of allylic oxidation sites excluding steroid dienone is 2. The highest BCUT2D eigenvalue weighted by Gasteiger charge is 2.37. The second-order valence-electron chi connectivity index (χ2n) is 11.8. The van der Waals surface area contributed by atoms with E-state index in [0.29, 0.717) is 12.1 Å². The Morgan fingerprint density at radius 2 is 1.23 bits per heavy atom. The predicted molar refractivity (Wildman–Crippen MR) is 130 cm³/mol.